The predicted molar refractivity (Wildman–Crippen MR) is 64.9 cm³/mol. The molecule has 0 bridgehead atoms. The van der Waals surface area contributed by atoms with Gasteiger partial charge in [-0.1, -0.05) is 0 Å². The molecular formula is C10H7F3N6O3. The summed E-state index contributed by atoms with van der Waals surface area (Å²) in [5, 5.41) is 6.09. The summed E-state index contributed by atoms with van der Waals surface area (Å²) in [5.41, 5.74) is -1.40. The van der Waals surface area contributed by atoms with Crippen molar-refractivity contribution < 1.29 is 17.6 Å². The molecule has 1 N–H and O–H groups in total. The smallest absolute Gasteiger partial charge is 0.410 e. The van der Waals surface area contributed by atoms with Crippen molar-refractivity contribution in [2.75, 3.05) is 0 Å². The number of aromatic nitrogens is 6. The Kier molecular flexibility index (Phi) is 2.73. The van der Waals surface area contributed by atoms with E-state index < -0.39 is 29.2 Å². The number of imidazole rings is 1. The highest BCUT2D eigenvalue weighted by Crippen LogP contribution is 2.29. The second-order valence-electron chi connectivity index (χ2n) is 4.40. The molecule has 3 aromatic rings. The highest BCUT2D eigenvalue weighted by molar-refractivity contribution is 5.73. The Labute approximate surface area is 118 Å². The summed E-state index contributed by atoms with van der Waals surface area (Å²) in [7, 11) is 2.63. The molecule has 0 aliphatic heterocycles. The molecular weight excluding hydrogens is 309 g/mol. The topological polar surface area (TPSA) is 112 Å². The van der Waals surface area contributed by atoms with Crippen LogP contribution in [0.25, 0.3) is 22.9 Å². The Bertz CT molecular complexity index is 992. The summed E-state index contributed by atoms with van der Waals surface area (Å²) in [6.07, 6.45) is -4.79. The van der Waals surface area contributed by atoms with Crippen molar-refractivity contribution in [2.45, 2.75) is 6.18 Å². The molecule has 12 heteroatoms. The van der Waals surface area contributed by atoms with Crippen molar-refractivity contribution in [3.63, 3.8) is 0 Å². The number of H-pyrrole nitrogens is 1. The number of alkyl halides is 3. The van der Waals surface area contributed by atoms with Crippen molar-refractivity contribution in [1.29, 1.82) is 0 Å². The summed E-state index contributed by atoms with van der Waals surface area (Å²) in [5.74, 6) is -2.32. The molecule has 0 radical (unpaired) electrons. The van der Waals surface area contributed by atoms with Crippen LogP contribution in [0.3, 0.4) is 0 Å². The lowest BCUT2D eigenvalue weighted by Gasteiger charge is -2.00. The molecule has 116 valence electrons. The van der Waals surface area contributed by atoms with E-state index in [0.29, 0.717) is 0 Å². The molecule has 0 spiro atoms. The molecule has 0 amide bonds. The molecule has 3 rings (SSSR count). The third-order valence-electron chi connectivity index (χ3n) is 2.96. The van der Waals surface area contributed by atoms with Gasteiger partial charge in [-0.2, -0.15) is 13.2 Å². The Morgan fingerprint density at radius 2 is 1.82 bits per heavy atom. The average molecular weight is 316 g/mol. The van der Waals surface area contributed by atoms with Crippen molar-refractivity contribution in [2.24, 2.45) is 14.1 Å². The minimum Gasteiger partial charge on any atom is -0.410 e. The van der Waals surface area contributed by atoms with E-state index in [9.17, 15) is 22.8 Å². The normalized spacial score (nSPS) is 12.2. The minimum absolute atomic E-state index is 0.0325. The lowest BCUT2D eigenvalue weighted by molar-refractivity contribution is -0.156. The first kappa shape index (κ1) is 14.0. The number of halogens is 3. The number of rotatable bonds is 1. The van der Waals surface area contributed by atoms with Crippen LogP contribution < -0.4 is 11.2 Å². The molecule has 3 heterocycles. The van der Waals surface area contributed by atoms with E-state index in [1.54, 1.807) is 0 Å². The molecule has 0 fully saturated rings. The van der Waals surface area contributed by atoms with Crippen LogP contribution in [0.4, 0.5) is 13.2 Å². The van der Waals surface area contributed by atoms with Gasteiger partial charge in [-0.25, -0.2) is 9.78 Å². The summed E-state index contributed by atoms with van der Waals surface area (Å²) < 4.78 is 43.7. The van der Waals surface area contributed by atoms with E-state index in [4.69, 9.17) is 0 Å². The molecule has 0 aliphatic carbocycles. The maximum absolute atomic E-state index is 12.4. The van der Waals surface area contributed by atoms with Crippen LogP contribution >= 0.6 is 0 Å². The van der Waals surface area contributed by atoms with Crippen molar-refractivity contribution in [1.82, 2.24) is 29.3 Å². The van der Waals surface area contributed by atoms with E-state index in [-0.39, 0.29) is 17.0 Å². The molecule has 3 aromatic heterocycles. The summed E-state index contributed by atoms with van der Waals surface area (Å²) in [6.45, 7) is 0. The van der Waals surface area contributed by atoms with Gasteiger partial charge in [0.15, 0.2) is 17.0 Å². The van der Waals surface area contributed by atoms with Gasteiger partial charge in [0.25, 0.3) is 11.4 Å². The van der Waals surface area contributed by atoms with Gasteiger partial charge in [0.1, 0.15) is 0 Å². The first-order chi connectivity index (χ1) is 10.2. The van der Waals surface area contributed by atoms with E-state index in [0.717, 1.165) is 9.13 Å². The molecule has 0 saturated carbocycles. The van der Waals surface area contributed by atoms with Crippen molar-refractivity contribution in [3.05, 3.63) is 26.7 Å². The molecule has 0 aromatic carbocycles. The van der Waals surface area contributed by atoms with E-state index in [2.05, 4.69) is 24.6 Å². The second kappa shape index (κ2) is 4.29. The van der Waals surface area contributed by atoms with E-state index in [1.165, 1.54) is 14.1 Å². The SMILES string of the molecule is Cn1c(=O)c2[nH]c(-c3nnc(C(F)(F)F)o3)nc2n(C)c1=O. The molecule has 9 nitrogen and oxygen atoms in total. The number of hydrogen-bond acceptors (Lipinski definition) is 6. The first-order valence-electron chi connectivity index (χ1n) is 5.77. The standard InChI is InChI=1S/C10H7F3N6O3/c1-18-5-3(7(20)19(2)9(18)21)14-4(15-5)6-16-17-8(22-6)10(11,12)13/h1-2H3,(H,14,15). The summed E-state index contributed by atoms with van der Waals surface area (Å²) in [4.78, 5) is 30.1. The average Bonchev–Trinajstić information content (AvgIpc) is 3.08. The van der Waals surface area contributed by atoms with Gasteiger partial charge in [0, 0.05) is 14.1 Å². The molecule has 22 heavy (non-hydrogen) atoms. The van der Waals surface area contributed by atoms with Gasteiger partial charge in [0.05, 0.1) is 0 Å². The lowest BCUT2D eigenvalue weighted by atomic mass is 10.5. The van der Waals surface area contributed by atoms with E-state index >= 15 is 0 Å². The van der Waals surface area contributed by atoms with Crippen molar-refractivity contribution >= 4 is 11.2 Å². The maximum Gasteiger partial charge on any atom is 0.470 e. The van der Waals surface area contributed by atoms with Gasteiger partial charge in [-0.05, 0) is 0 Å². The third kappa shape index (κ3) is 1.91. The number of hydrogen-bond donors (Lipinski definition) is 1. The first-order valence-corrected chi connectivity index (χ1v) is 5.77. The summed E-state index contributed by atoms with van der Waals surface area (Å²) in [6, 6.07) is 0. The zero-order chi connectivity index (χ0) is 16.2. The number of aromatic amines is 1. The highest BCUT2D eigenvalue weighted by Gasteiger charge is 2.38. The third-order valence-corrected chi connectivity index (χ3v) is 2.96. The molecule has 0 aliphatic rings. The van der Waals surface area contributed by atoms with Gasteiger partial charge < -0.3 is 9.40 Å². The fourth-order valence-corrected chi connectivity index (χ4v) is 1.86. The Morgan fingerprint density at radius 3 is 2.41 bits per heavy atom. The van der Waals surface area contributed by atoms with Crippen LogP contribution in [0.1, 0.15) is 5.89 Å². The number of nitrogens with one attached hydrogen (secondary N) is 1. The second-order valence-corrected chi connectivity index (χ2v) is 4.40. The molecule has 0 unspecified atom stereocenters. The van der Waals surface area contributed by atoms with Crippen LogP contribution in [0.15, 0.2) is 14.0 Å². The highest BCUT2D eigenvalue weighted by atomic mass is 19.4. The van der Waals surface area contributed by atoms with Crippen LogP contribution in [0.5, 0.6) is 0 Å². The van der Waals surface area contributed by atoms with Crippen LogP contribution in [0.2, 0.25) is 0 Å². The molecule has 0 atom stereocenters. The number of aryl methyl sites for hydroxylation is 1. The fourth-order valence-electron chi connectivity index (χ4n) is 1.86. The Balaban J connectivity index is 2.24. The minimum atomic E-state index is -4.79. The lowest BCUT2D eigenvalue weighted by Crippen LogP contribution is -2.36. The Morgan fingerprint density at radius 1 is 1.14 bits per heavy atom. The van der Waals surface area contributed by atoms with Crippen LogP contribution in [0, 0.1) is 0 Å². The molecule has 0 saturated heterocycles. The Hall–Kier alpha value is -2.92. The van der Waals surface area contributed by atoms with Gasteiger partial charge in [-0.3, -0.25) is 13.9 Å². The van der Waals surface area contributed by atoms with Crippen LogP contribution in [-0.4, -0.2) is 29.3 Å². The van der Waals surface area contributed by atoms with Crippen LogP contribution in [-0.2, 0) is 20.3 Å². The number of nitrogens with zero attached hydrogens (tertiary/aromatic N) is 5. The fraction of sp³-hybridized carbons (Fsp3) is 0.300. The van der Waals surface area contributed by atoms with Gasteiger partial charge in [-0.15, -0.1) is 10.2 Å². The zero-order valence-corrected chi connectivity index (χ0v) is 11.1. The quantitative estimate of drug-likeness (QED) is 0.678. The summed E-state index contributed by atoms with van der Waals surface area (Å²) >= 11 is 0. The van der Waals surface area contributed by atoms with Gasteiger partial charge >= 0.3 is 17.8 Å². The maximum atomic E-state index is 12.4. The predicted octanol–water partition coefficient (Wildman–Crippen LogP) is 0.0291. The van der Waals surface area contributed by atoms with E-state index in [1.807, 2.05) is 0 Å². The number of fused-ring (bicyclic) bond motifs is 1. The van der Waals surface area contributed by atoms with Crippen molar-refractivity contribution in [3.8, 4) is 11.7 Å². The van der Waals surface area contributed by atoms with Gasteiger partial charge in [0.2, 0.25) is 0 Å². The monoisotopic (exact) mass is 316 g/mol. The largest absolute Gasteiger partial charge is 0.470 e. The zero-order valence-electron chi connectivity index (χ0n) is 11.1.